The second-order valence-electron chi connectivity index (χ2n) is 4.10. The minimum atomic E-state index is -3.51. The lowest BCUT2D eigenvalue weighted by molar-refractivity contribution is -0.122. The summed E-state index contributed by atoms with van der Waals surface area (Å²) < 4.78 is 26.8. The standard InChI is InChI=1S/C10H14N2O3S2/c11-10(13)7-3-1-4-8(7)12-17(14,15)9-5-2-6-16-9/h2,5-8,12H,1,3-4H2,(H2,11,13)/t7-,8-/m0/s1. The Kier molecular flexibility index (Phi) is 3.50. The molecule has 0 spiro atoms. The molecule has 0 saturated heterocycles. The summed E-state index contributed by atoms with van der Waals surface area (Å²) in [4.78, 5) is 11.2. The summed E-state index contributed by atoms with van der Waals surface area (Å²) in [5.74, 6) is -0.814. The van der Waals surface area contributed by atoms with Crippen molar-refractivity contribution in [3.63, 3.8) is 0 Å². The van der Waals surface area contributed by atoms with Crippen LogP contribution >= 0.6 is 11.3 Å². The maximum absolute atomic E-state index is 12.0. The van der Waals surface area contributed by atoms with E-state index in [2.05, 4.69) is 4.72 Å². The second kappa shape index (κ2) is 4.75. The van der Waals surface area contributed by atoms with Crippen molar-refractivity contribution in [1.82, 2.24) is 4.72 Å². The van der Waals surface area contributed by atoms with Gasteiger partial charge in [0.25, 0.3) is 0 Å². The number of nitrogens with two attached hydrogens (primary N) is 1. The molecule has 1 aliphatic rings. The summed E-state index contributed by atoms with van der Waals surface area (Å²) in [7, 11) is -3.51. The largest absolute Gasteiger partial charge is 0.369 e. The third-order valence-corrected chi connectivity index (χ3v) is 5.84. The van der Waals surface area contributed by atoms with Gasteiger partial charge in [0.05, 0.1) is 5.92 Å². The van der Waals surface area contributed by atoms with Crippen LogP contribution in [0.25, 0.3) is 0 Å². The molecule has 1 heterocycles. The lowest BCUT2D eigenvalue weighted by Crippen LogP contribution is -2.42. The van der Waals surface area contributed by atoms with E-state index in [9.17, 15) is 13.2 Å². The first-order valence-electron chi connectivity index (χ1n) is 5.36. The minimum absolute atomic E-state index is 0.271. The molecular weight excluding hydrogens is 260 g/mol. The normalized spacial score (nSPS) is 24.9. The molecule has 1 amide bonds. The van der Waals surface area contributed by atoms with Gasteiger partial charge < -0.3 is 5.73 Å². The zero-order valence-electron chi connectivity index (χ0n) is 9.13. The summed E-state index contributed by atoms with van der Waals surface area (Å²) in [6, 6.07) is 2.86. The molecule has 17 heavy (non-hydrogen) atoms. The van der Waals surface area contributed by atoms with Crippen LogP contribution in [0.2, 0.25) is 0 Å². The fourth-order valence-corrected chi connectivity index (χ4v) is 4.44. The van der Waals surface area contributed by atoms with Gasteiger partial charge >= 0.3 is 0 Å². The van der Waals surface area contributed by atoms with Crippen LogP contribution in [0.15, 0.2) is 21.7 Å². The quantitative estimate of drug-likeness (QED) is 0.846. The first-order chi connectivity index (χ1) is 8.00. The van der Waals surface area contributed by atoms with E-state index in [1.165, 1.54) is 0 Å². The molecule has 0 radical (unpaired) electrons. The van der Waals surface area contributed by atoms with E-state index in [4.69, 9.17) is 5.73 Å². The van der Waals surface area contributed by atoms with Gasteiger partial charge in [0.2, 0.25) is 15.9 Å². The first kappa shape index (κ1) is 12.5. The number of sulfonamides is 1. The Morgan fingerprint density at radius 2 is 2.24 bits per heavy atom. The molecule has 1 aromatic rings. The van der Waals surface area contributed by atoms with E-state index in [1.54, 1.807) is 17.5 Å². The number of carbonyl (C=O) groups excluding carboxylic acids is 1. The van der Waals surface area contributed by atoms with Crippen LogP contribution in [-0.4, -0.2) is 20.4 Å². The Morgan fingerprint density at radius 1 is 1.47 bits per heavy atom. The van der Waals surface area contributed by atoms with Crippen molar-refractivity contribution in [2.45, 2.75) is 29.5 Å². The molecule has 2 atom stereocenters. The van der Waals surface area contributed by atoms with E-state index in [1.807, 2.05) is 0 Å². The predicted molar refractivity (Wildman–Crippen MR) is 65.0 cm³/mol. The van der Waals surface area contributed by atoms with Crippen molar-refractivity contribution in [2.24, 2.45) is 11.7 Å². The van der Waals surface area contributed by atoms with Crippen molar-refractivity contribution >= 4 is 27.3 Å². The highest BCUT2D eigenvalue weighted by atomic mass is 32.2. The number of thiophene rings is 1. The summed E-state index contributed by atoms with van der Waals surface area (Å²) in [5.41, 5.74) is 5.25. The topological polar surface area (TPSA) is 89.3 Å². The van der Waals surface area contributed by atoms with Crippen LogP contribution in [-0.2, 0) is 14.8 Å². The Balaban J connectivity index is 2.14. The van der Waals surface area contributed by atoms with E-state index in [0.717, 1.165) is 17.8 Å². The smallest absolute Gasteiger partial charge is 0.250 e. The monoisotopic (exact) mass is 274 g/mol. The highest BCUT2D eigenvalue weighted by Crippen LogP contribution is 2.27. The molecule has 0 bridgehead atoms. The zero-order chi connectivity index (χ0) is 12.5. The van der Waals surface area contributed by atoms with Crippen molar-refractivity contribution in [2.75, 3.05) is 0 Å². The van der Waals surface area contributed by atoms with Crippen LogP contribution in [0.5, 0.6) is 0 Å². The molecule has 0 unspecified atom stereocenters. The SMILES string of the molecule is NC(=O)[C@H]1CCC[C@@H]1NS(=O)(=O)c1cccs1. The molecule has 7 heteroatoms. The molecule has 1 saturated carbocycles. The molecular formula is C10H14N2O3S2. The Bertz CT molecular complexity index is 496. The number of carbonyl (C=O) groups is 1. The Morgan fingerprint density at radius 3 is 2.82 bits per heavy atom. The number of nitrogens with one attached hydrogen (secondary N) is 1. The van der Waals surface area contributed by atoms with Crippen LogP contribution in [0, 0.1) is 5.92 Å². The van der Waals surface area contributed by atoms with E-state index in [0.29, 0.717) is 12.8 Å². The van der Waals surface area contributed by atoms with Gasteiger partial charge in [0.1, 0.15) is 4.21 Å². The molecule has 94 valence electrons. The Hall–Kier alpha value is -0.920. The molecule has 1 aromatic heterocycles. The molecule has 2 rings (SSSR count). The summed E-state index contributed by atoms with van der Waals surface area (Å²) in [6.45, 7) is 0. The van der Waals surface area contributed by atoms with E-state index in [-0.39, 0.29) is 16.2 Å². The maximum Gasteiger partial charge on any atom is 0.250 e. The van der Waals surface area contributed by atoms with Gasteiger partial charge in [0, 0.05) is 6.04 Å². The van der Waals surface area contributed by atoms with Gasteiger partial charge in [0.15, 0.2) is 0 Å². The number of amides is 1. The van der Waals surface area contributed by atoms with Gasteiger partial charge in [-0.05, 0) is 24.3 Å². The minimum Gasteiger partial charge on any atom is -0.369 e. The van der Waals surface area contributed by atoms with Gasteiger partial charge in [-0.3, -0.25) is 4.79 Å². The lowest BCUT2D eigenvalue weighted by atomic mass is 10.0. The molecule has 0 aromatic carbocycles. The summed E-state index contributed by atoms with van der Waals surface area (Å²) in [6.07, 6.45) is 2.15. The summed E-state index contributed by atoms with van der Waals surface area (Å²) >= 11 is 1.16. The molecule has 5 nitrogen and oxygen atoms in total. The van der Waals surface area contributed by atoms with Gasteiger partial charge in [-0.15, -0.1) is 11.3 Å². The number of hydrogen-bond donors (Lipinski definition) is 2. The van der Waals surface area contributed by atoms with Gasteiger partial charge in [-0.1, -0.05) is 12.5 Å². The zero-order valence-corrected chi connectivity index (χ0v) is 10.8. The van der Waals surface area contributed by atoms with Crippen LogP contribution < -0.4 is 10.5 Å². The average molecular weight is 274 g/mol. The van der Waals surface area contributed by atoms with Crippen molar-refractivity contribution in [3.05, 3.63) is 17.5 Å². The fraction of sp³-hybridized carbons (Fsp3) is 0.500. The second-order valence-corrected chi connectivity index (χ2v) is 6.99. The van der Waals surface area contributed by atoms with Crippen molar-refractivity contribution < 1.29 is 13.2 Å². The van der Waals surface area contributed by atoms with Crippen LogP contribution in [0.1, 0.15) is 19.3 Å². The predicted octanol–water partition coefficient (Wildman–Crippen LogP) is 0.680. The number of primary amides is 1. The number of hydrogen-bond acceptors (Lipinski definition) is 4. The summed E-state index contributed by atoms with van der Waals surface area (Å²) in [5, 5.41) is 1.70. The van der Waals surface area contributed by atoms with Gasteiger partial charge in [-0.25, -0.2) is 13.1 Å². The number of rotatable bonds is 4. The first-order valence-corrected chi connectivity index (χ1v) is 7.72. The fourth-order valence-electron chi connectivity index (χ4n) is 2.12. The average Bonchev–Trinajstić information content (AvgIpc) is 2.85. The lowest BCUT2D eigenvalue weighted by Gasteiger charge is -2.17. The molecule has 0 aliphatic heterocycles. The molecule has 1 aliphatic carbocycles. The van der Waals surface area contributed by atoms with E-state index >= 15 is 0 Å². The van der Waals surface area contributed by atoms with Crippen molar-refractivity contribution in [3.8, 4) is 0 Å². The third kappa shape index (κ3) is 2.67. The highest BCUT2D eigenvalue weighted by Gasteiger charge is 2.34. The van der Waals surface area contributed by atoms with Crippen LogP contribution in [0.4, 0.5) is 0 Å². The molecule has 3 N–H and O–H groups in total. The van der Waals surface area contributed by atoms with Crippen LogP contribution in [0.3, 0.4) is 0 Å². The van der Waals surface area contributed by atoms with Crippen molar-refractivity contribution in [1.29, 1.82) is 0 Å². The highest BCUT2D eigenvalue weighted by molar-refractivity contribution is 7.91. The van der Waals surface area contributed by atoms with E-state index < -0.39 is 15.9 Å². The molecule has 1 fully saturated rings. The van der Waals surface area contributed by atoms with Gasteiger partial charge in [-0.2, -0.15) is 0 Å². The maximum atomic E-state index is 12.0. The Labute approximate surface area is 104 Å². The third-order valence-electron chi connectivity index (χ3n) is 2.95.